The van der Waals surface area contributed by atoms with Gasteiger partial charge in [0.05, 0.1) is 21.8 Å². The van der Waals surface area contributed by atoms with Crippen LogP contribution < -0.4 is 5.43 Å². The van der Waals surface area contributed by atoms with Gasteiger partial charge < -0.3 is 0 Å². The molecule has 1 aliphatic heterocycles. The first-order valence-corrected chi connectivity index (χ1v) is 13.2. The van der Waals surface area contributed by atoms with Crippen molar-refractivity contribution in [2.24, 2.45) is 16.9 Å². The Kier molecular flexibility index (Phi) is 7.13. The van der Waals surface area contributed by atoms with E-state index < -0.39 is 15.8 Å². The number of hydrogen-bond acceptors (Lipinski definition) is 6. The number of aromatic nitrogens is 1. The van der Waals surface area contributed by atoms with E-state index >= 15 is 0 Å². The normalized spacial score (nSPS) is 19.8. The molecule has 0 bridgehead atoms. The van der Waals surface area contributed by atoms with Gasteiger partial charge in [-0.3, -0.25) is 5.43 Å². The maximum absolute atomic E-state index is 13.8. The van der Waals surface area contributed by atoms with Crippen LogP contribution in [0, 0.1) is 17.7 Å². The number of nitrogens with zero attached hydrogens (tertiary/aromatic N) is 3. The van der Waals surface area contributed by atoms with Gasteiger partial charge in [0, 0.05) is 29.6 Å². The van der Waals surface area contributed by atoms with Gasteiger partial charge in [0.15, 0.2) is 0 Å². The van der Waals surface area contributed by atoms with Gasteiger partial charge in [-0.1, -0.05) is 43.6 Å². The van der Waals surface area contributed by atoms with Crippen molar-refractivity contribution in [1.82, 2.24) is 9.29 Å². The third-order valence-corrected chi connectivity index (χ3v) is 8.36. The fourth-order valence-corrected chi connectivity index (χ4v) is 6.62. The van der Waals surface area contributed by atoms with Crippen LogP contribution in [-0.2, 0) is 10.0 Å². The zero-order chi connectivity index (χ0) is 23.6. The lowest BCUT2D eigenvalue weighted by Gasteiger charge is -2.34. The van der Waals surface area contributed by atoms with Crippen LogP contribution in [0.4, 0.5) is 9.52 Å². The summed E-state index contributed by atoms with van der Waals surface area (Å²) in [7, 11) is -3.58. The number of piperidine rings is 1. The maximum atomic E-state index is 13.8. The molecule has 0 radical (unpaired) electrons. The number of hydrogen-bond donors (Lipinski definition) is 1. The van der Waals surface area contributed by atoms with E-state index in [1.807, 2.05) is 11.4 Å². The van der Waals surface area contributed by atoms with Gasteiger partial charge in [-0.15, -0.1) is 11.3 Å². The van der Waals surface area contributed by atoms with Crippen molar-refractivity contribution in [2.75, 3.05) is 18.5 Å². The first-order valence-electron chi connectivity index (χ1n) is 10.5. The first kappa shape index (κ1) is 23.8. The lowest BCUT2D eigenvalue weighted by atomic mass is 9.94. The lowest BCUT2D eigenvalue weighted by Crippen LogP contribution is -2.42. The molecule has 2 heterocycles. The van der Waals surface area contributed by atoms with Gasteiger partial charge in [0.2, 0.25) is 15.2 Å². The summed E-state index contributed by atoms with van der Waals surface area (Å²) in [5, 5.41) is 6.58. The Morgan fingerprint density at radius 1 is 1.21 bits per heavy atom. The predicted octanol–water partition coefficient (Wildman–Crippen LogP) is 5.72. The number of nitrogens with one attached hydrogen (secondary N) is 1. The van der Waals surface area contributed by atoms with Crippen molar-refractivity contribution < 1.29 is 12.8 Å². The molecule has 0 spiro atoms. The Hall–Kier alpha value is -2.33. The first-order chi connectivity index (χ1) is 15.7. The van der Waals surface area contributed by atoms with E-state index in [2.05, 4.69) is 29.4 Å². The smallest absolute Gasteiger partial charge is 0.243 e. The summed E-state index contributed by atoms with van der Waals surface area (Å²) >= 11 is 7.30. The molecule has 33 heavy (non-hydrogen) atoms. The van der Waals surface area contributed by atoms with Gasteiger partial charge in [0.1, 0.15) is 5.82 Å². The summed E-state index contributed by atoms with van der Waals surface area (Å²) < 4.78 is 41.9. The average Bonchev–Trinajstić information content (AvgIpc) is 3.24. The van der Waals surface area contributed by atoms with Crippen LogP contribution in [0.15, 0.2) is 57.8 Å². The fourth-order valence-electron chi connectivity index (χ4n) is 4.01. The van der Waals surface area contributed by atoms with Crippen LogP contribution in [0.3, 0.4) is 0 Å². The molecule has 3 aromatic rings. The molecule has 1 N–H and O–H groups in total. The predicted molar refractivity (Wildman–Crippen MR) is 132 cm³/mol. The standard InChI is InChI=1S/C23H24ClFN4O2S2/c1-15-9-16(2)13-29(12-15)33(30,31)18-6-3-5-17(10-18)22-14-32-23(27-22)28-26-11-19-20(24)7-4-8-21(19)25/h3-8,10-11,14-16H,9,12-13H2,1-2H3,(H,27,28)/b26-11+. The molecule has 174 valence electrons. The molecule has 2 aromatic carbocycles. The highest BCUT2D eigenvalue weighted by Gasteiger charge is 2.31. The van der Waals surface area contributed by atoms with Crippen LogP contribution in [0.5, 0.6) is 0 Å². The summed E-state index contributed by atoms with van der Waals surface area (Å²) in [6.45, 7) is 5.24. The zero-order valence-corrected chi connectivity index (χ0v) is 20.6. The van der Waals surface area contributed by atoms with Gasteiger partial charge in [0.25, 0.3) is 0 Å². The number of sulfonamides is 1. The molecular formula is C23H24ClFN4O2S2. The van der Waals surface area contributed by atoms with Gasteiger partial charge in [-0.2, -0.15) is 9.41 Å². The number of thiazole rings is 1. The minimum atomic E-state index is -3.58. The number of hydrazone groups is 1. The number of halogens is 2. The van der Waals surface area contributed by atoms with Crippen molar-refractivity contribution in [2.45, 2.75) is 25.2 Å². The van der Waals surface area contributed by atoms with Crippen LogP contribution in [-0.4, -0.2) is 37.0 Å². The van der Waals surface area contributed by atoms with E-state index in [9.17, 15) is 12.8 Å². The van der Waals surface area contributed by atoms with Crippen molar-refractivity contribution in [1.29, 1.82) is 0 Å². The minimum absolute atomic E-state index is 0.183. The molecule has 0 saturated carbocycles. The van der Waals surface area contributed by atoms with Crippen LogP contribution in [0.25, 0.3) is 11.3 Å². The zero-order valence-electron chi connectivity index (χ0n) is 18.2. The summed E-state index contributed by atoms with van der Waals surface area (Å²) in [6.07, 6.45) is 2.33. The second-order valence-corrected chi connectivity index (χ2v) is 11.5. The second kappa shape index (κ2) is 9.89. The monoisotopic (exact) mass is 506 g/mol. The molecular weight excluding hydrogens is 483 g/mol. The highest BCUT2D eigenvalue weighted by Crippen LogP contribution is 2.30. The fraction of sp³-hybridized carbons (Fsp3) is 0.304. The Bertz CT molecular complexity index is 1250. The number of anilines is 1. The highest BCUT2D eigenvalue weighted by molar-refractivity contribution is 7.89. The maximum Gasteiger partial charge on any atom is 0.243 e. The van der Waals surface area contributed by atoms with E-state index in [0.29, 0.717) is 41.3 Å². The molecule has 1 saturated heterocycles. The molecule has 4 rings (SSSR count). The highest BCUT2D eigenvalue weighted by atomic mass is 35.5. The van der Waals surface area contributed by atoms with Crippen molar-refractivity contribution in [3.63, 3.8) is 0 Å². The van der Waals surface area contributed by atoms with Gasteiger partial charge in [-0.25, -0.2) is 17.8 Å². The molecule has 1 aromatic heterocycles. The summed E-state index contributed by atoms with van der Waals surface area (Å²) in [6, 6.07) is 11.2. The van der Waals surface area contributed by atoms with E-state index in [-0.39, 0.29) is 15.5 Å². The Morgan fingerprint density at radius 2 is 1.94 bits per heavy atom. The molecule has 0 amide bonds. The van der Waals surface area contributed by atoms with Gasteiger partial charge in [-0.05, 0) is 42.5 Å². The van der Waals surface area contributed by atoms with E-state index in [0.717, 1.165) is 6.42 Å². The van der Waals surface area contributed by atoms with E-state index in [4.69, 9.17) is 11.6 Å². The molecule has 6 nitrogen and oxygen atoms in total. The molecule has 2 unspecified atom stereocenters. The molecule has 1 fully saturated rings. The van der Waals surface area contributed by atoms with Crippen LogP contribution in [0.1, 0.15) is 25.8 Å². The Labute approximate surface area is 202 Å². The molecule has 10 heteroatoms. The Balaban J connectivity index is 1.51. The van der Waals surface area contributed by atoms with E-state index in [1.165, 1.54) is 29.7 Å². The quantitative estimate of drug-likeness (QED) is 0.343. The topological polar surface area (TPSA) is 74.7 Å². The number of rotatable bonds is 6. The minimum Gasteiger partial charge on any atom is -0.253 e. The van der Waals surface area contributed by atoms with E-state index in [1.54, 1.807) is 28.6 Å². The second-order valence-electron chi connectivity index (χ2n) is 8.34. The lowest BCUT2D eigenvalue weighted by molar-refractivity contribution is 0.222. The van der Waals surface area contributed by atoms with Crippen molar-refractivity contribution in [3.8, 4) is 11.3 Å². The van der Waals surface area contributed by atoms with Crippen molar-refractivity contribution >= 4 is 44.3 Å². The number of benzene rings is 2. The third-order valence-electron chi connectivity index (χ3n) is 5.46. The summed E-state index contributed by atoms with van der Waals surface area (Å²) in [4.78, 5) is 4.74. The summed E-state index contributed by atoms with van der Waals surface area (Å²) in [5.41, 5.74) is 4.27. The largest absolute Gasteiger partial charge is 0.253 e. The van der Waals surface area contributed by atoms with Crippen molar-refractivity contribution in [3.05, 3.63) is 64.2 Å². The average molecular weight is 507 g/mol. The van der Waals surface area contributed by atoms with Gasteiger partial charge >= 0.3 is 0 Å². The third kappa shape index (κ3) is 5.43. The van der Waals surface area contributed by atoms with Crippen LogP contribution in [0.2, 0.25) is 5.02 Å². The molecule has 0 aliphatic carbocycles. The summed E-state index contributed by atoms with van der Waals surface area (Å²) in [5.74, 6) is 0.195. The SMILES string of the molecule is CC1CC(C)CN(S(=O)(=O)c2cccc(-c3csc(N/N=C/c4c(F)cccc4Cl)n3)c2)C1. The Morgan fingerprint density at radius 3 is 2.67 bits per heavy atom. The molecule has 1 aliphatic rings. The molecule has 2 atom stereocenters. The van der Waals surface area contributed by atoms with Crippen LogP contribution >= 0.6 is 22.9 Å².